The van der Waals surface area contributed by atoms with E-state index in [0.29, 0.717) is 11.8 Å². The fraction of sp³-hybridized carbons (Fsp3) is 0.612. The molecule has 0 spiro atoms. The van der Waals surface area contributed by atoms with E-state index in [4.69, 9.17) is 4.99 Å². The monoisotopic (exact) mass is 829 g/mol. The number of guanidine groups is 1. The van der Waals surface area contributed by atoms with Crippen LogP contribution >= 0.6 is 15.9 Å². The third-order valence-electron chi connectivity index (χ3n) is 11.6. The Labute approximate surface area is 351 Å². The van der Waals surface area contributed by atoms with Gasteiger partial charge in [-0.3, -0.25) is 9.98 Å². The molecule has 0 fully saturated rings. The third kappa shape index (κ3) is 17.1. The van der Waals surface area contributed by atoms with Crippen molar-refractivity contribution in [1.29, 1.82) is 0 Å². The number of nitrogens with zero attached hydrogens (tertiary/aromatic N) is 5. The summed E-state index contributed by atoms with van der Waals surface area (Å²) in [5.41, 5.74) is 8.20. The Morgan fingerprint density at radius 2 is 1.61 bits per heavy atom. The van der Waals surface area contributed by atoms with Crippen LogP contribution in [0.2, 0.25) is 0 Å². The first-order chi connectivity index (χ1) is 27.2. The molecule has 1 N–H and O–H groups in total. The number of hydrogen-bond acceptors (Lipinski definition) is 5. The van der Waals surface area contributed by atoms with Crippen LogP contribution in [0, 0.1) is 18.8 Å². The minimum atomic E-state index is 0.417. The highest BCUT2D eigenvalue weighted by molar-refractivity contribution is 9.10. The number of halogens is 1. The van der Waals surface area contributed by atoms with E-state index < -0.39 is 0 Å². The van der Waals surface area contributed by atoms with E-state index in [1.807, 2.05) is 18.7 Å². The van der Waals surface area contributed by atoms with Gasteiger partial charge >= 0.3 is 0 Å². The lowest BCUT2D eigenvalue weighted by Gasteiger charge is -2.27. The van der Waals surface area contributed by atoms with Crippen LogP contribution in [-0.2, 0) is 13.5 Å². The van der Waals surface area contributed by atoms with Gasteiger partial charge in [0.25, 0.3) is 0 Å². The van der Waals surface area contributed by atoms with Gasteiger partial charge in [-0.25, -0.2) is 4.98 Å². The largest absolute Gasteiger partial charge is 0.338 e. The molecular weight excluding hydrogens is 752 g/mol. The van der Waals surface area contributed by atoms with E-state index in [1.165, 1.54) is 100 Å². The Hall–Kier alpha value is -3.19. The molecule has 2 aromatic rings. The summed E-state index contributed by atoms with van der Waals surface area (Å²) in [4.78, 5) is 16.1. The molecule has 0 saturated carbocycles. The van der Waals surface area contributed by atoms with Crippen molar-refractivity contribution in [3.63, 3.8) is 0 Å². The standard InChI is InChI=1S/C49H77BrN6/c1-9-11-12-13-14-15-16-17-18-19-20-21-22-23-24-26-39(3)29-31-44(36-45-37-51-38-55(45)8)43(7)40(4)27-25-28-42(6)56-35-34-53-49(56)54-46-32-30-41(5)48(47(46)50)52-33-10-2/h17-18,30,32-33,37-38,43-44H,3-4,6,9-16,19-29,31,34-36H2,1-2,5,7-8H3,(H,53,54)/b18-17-,52-33-/t43-,44?/m1/s1. The molecule has 2 heterocycles. The van der Waals surface area contributed by atoms with Gasteiger partial charge in [0.15, 0.2) is 0 Å². The normalized spacial score (nSPS) is 14.2. The predicted octanol–water partition coefficient (Wildman–Crippen LogP) is 14.8. The molecule has 0 amide bonds. The highest BCUT2D eigenvalue weighted by atomic mass is 79.9. The summed E-state index contributed by atoms with van der Waals surface area (Å²) in [7, 11) is 2.11. The number of hydrogen-bond donors (Lipinski definition) is 1. The van der Waals surface area contributed by atoms with E-state index in [9.17, 15) is 0 Å². The van der Waals surface area contributed by atoms with E-state index in [-0.39, 0.29) is 0 Å². The molecule has 1 aromatic carbocycles. The van der Waals surface area contributed by atoms with Gasteiger partial charge in [-0.2, -0.15) is 0 Å². The first kappa shape index (κ1) is 47.2. The van der Waals surface area contributed by atoms with Gasteiger partial charge < -0.3 is 14.8 Å². The van der Waals surface area contributed by atoms with E-state index >= 15 is 0 Å². The Kier molecular flexibility index (Phi) is 23.1. The van der Waals surface area contributed by atoms with Gasteiger partial charge in [0.05, 0.1) is 28.7 Å². The van der Waals surface area contributed by atoms with Crippen molar-refractivity contribution in [2.24, 2.45) is 28.9 Å². The van der Waals surface area contributed by atoms with E-state index in [2.05, 4.69) is 119 Å². The smallest absolute Gasteiger partial charge is 0.202 e. The molecule has 1 aliphatic heterocycles. The molecule has 0 aliphatic carbocycles. The molecule has 310 valence electrons. The number of unbranched alkanes of at least 4 members (excludes halogenated alkanes) is 11. The first-order valence-corrected chi connectivity index (χ1v) is 23.0. The maximum atomic E-state index is 4.79. The zero-order valence-electron chi connectivity index (χ0n) is 36.2. The molecular formula is C49H77BrN6. The molecule has 0 radical (unpaired) electrons. The van der Waals surface area contributed by atoms with Crippen LogP contribution in [0.5, 0.6) is 0 Å². The number of aryl methyl sites for hydroxylation is 2. The number of benzene rings is 1. The molecule has 3 rings (SSSR count). The summed E-state index contributed by atoms with van der Waals surface area (Å²) in [5, 5.41) is 3.56. The summed E-state index contributed by atoms with van der Waals surface area (Å²) >= 11 is 3.79. The Bertz CT molecular complexity index is 1560. The Morgan fingerprint density at radius 1 is 0.911 bits per heavy atom. The maximum absolute atomic E-state index is 4.79. The van der Waals surface area contributed by atoms with Crippen molar-refractivity contribution in [1.82, 2.24) is 14.5 Å². The van der Waals surface area contributed by atoms with Crippen LogP contribution in [0.1, 0.15) is 160 Å². The zero-order valence-corrected chi connectivity index (χ0v) is 37.8. The molecule has 0 saturated heterocycles. The minimum absolute atomic E-state index is 0.417. The van der Waals surface area contributed by atoms with Crippen LogP contribution in [0.15, 0.2) is 87.8 Å². The number of rotatable bonds is 30. The van der Waals surface area contributed by atoms with E-state index in [0.717, 1.165) is 97.5 Å². The summed E-state index contributed by atoms with van der Waals surface area (Å²) in [6, 6.07) is 4.20. The fourth-order valence-electron chi connectivity index (χ4n) is 7.64. The average molecular weight is 830 g/mol. The zero-order chi connectivity index (χ0) is 40.5. The van der Waals surface area contributed by atoms with Gasteiger partial charge in [-0.05, 0) is 130 Å². The summed E-state index contributed by atoms with van der Waals surface area (Å²) in [6.45, 7) is 24.1. The minimum Gasteiger partial charge on any atom is -0.338 e. The van der Waals surface area contributed by atoms with E-state index in [1.54, 1.807) is 0 Å². The second-order valence-corrected chi connectivity index (χ2v) is 17.0. The molecule has 2 atom stereocenters. The number of aliphatic imine (C=N–C) groups is 2. The number of aromatic nitrogens is 2. The number of anilines is 1. The van der Waals surface area contributed by atoms with Crippen molar-refractivity contribution in [3.8, 4) is 0 Å². The lowest BCUT2D eigenvalue weighted by molar-refractivity contribution is 0.358. The van der Waals surface area contributed by atoms with Crippen LogP contribution in [0.4, 0.5) is 11.4 Å². The number of imidazole rings is 1. The number of allylic oxidation sites excluding steroid dienone is 5. The van der Waals surface area contributed by atoms with Gasteiger partial charge in [0, 0.05) is 37.4 Å². The molecule has 6 nitrogen and oxygen atoms in total. The predicted molar refractivity (Wildman–Crippen MR) is 249 cm³/mol. The lowest BCUT2D eigenvalue weighted by atomic mass is 9.79. The quantitative estimate of drug-likeness (QED) is 0.0485. The SMILES string of the molecule is C=C(CCCCCCC/C=C\CCCCCCCC)CCC(Cc1cncn1C)[C@H](C)C(=C)CCCC(=C)N1CCN=C1Nc1ccc(C)c(/N=C\CC)c1Br. The molecule has 56 heavy (non-hydrogen) atoms. The molecule has 1 aliphatic rings. The van der Waals surface area contributed by atoms with Crippen LogP contribution < -0.4 is 5.32 Å². The van der Waals surface area contributed by atoms with Gasteiger partial charge in [0.2, 0.25) is 5.96 Å². The Balaban J connectivity index is 1.39. The fourth-order valence-corrected chi connectivity index (χ4v) is 8.28. The number of nitrogens with one attached hydrogen (secondary N) is 1. The first-order valence-electron chi connectivity index (χ1n) is 22.2. The van der Waals surface area contributed by atoms with Crippen molar-refractivity contribution in [3.05, 3.63) is 89.1 Å². The highest BCUT2D eigenvalue weighted by Gasteiger charge is 2.24. The Morgan fingerprint density at radius 3 is 2.29 bits per heavy atom. The van der Waals surface area contributed by atoms with Gasteiger partial charge in [-0.1, -0.05) is 121 Å². The van der Waals surface area contributed by atoms with Crippen molar-refractivity contribution < 1.29 is 0 Å². The van der Waals surface area contributed by atoms with Crippen molar-refractivity contribution in [2.45, 2.75) is 163 Å². The van der Waals surface area contributed by atoms with Gasteiger partial charge in [0.1, 0.15) is 0 Å². The molecule has 0 bridgehead atoms. The topological polar surface area (TPSA) is 57.8 Å². The summed E-state index contributed by atoms with van der Waals surface area (Å²) in [6.07, 6.45) is 36.4. The average Bonchev–Trinajstić information content (AvgIpc) is 3.83. The van der Waals surface area contributed by atoms with Crippen LogP contribution in [0.25, 0.3) is 0 Å². The molecule has 7 heteroatoms. The maximum Gasteiger partial charge on any atom is 0.202 e. The summed E-state index contributed by atoms with van der Waals surface area (Å²) in [5.74, 6) is 1.78. The molecule has 1 aromatic heterocycles. The lowest BCUT2D eigenvalue weighted by Crippen LogP contribution is -2.32. The highest BCUT2D eigenvalue weighted by Crippen LogP contribution is 2.37. The van der Waals surface area contributed by atoms with Crippen LogP contribution in [0.3, 0.4) is 0 Å². The second-order valence-electron chi connectivity index (χ2n) is 16.2. The third-order valence-corrected chi connectivity index (χ3v) is 12.4. The van der Waals surface area contributed by atoms with Crippen molar-refractivity contribution >= 4 is 39.5 Å². The summed E-state index contributed by atoms with van der Waals surface area (Å²) < 4.78 is 3.13. The molecule has 1 unspecified atom stereocenters. The van der Waals surface area contributed by atoms with Crippen molar-refractivity contribution in [2.75, 3.05) is 18.4 Å². The second kappa shape index (κ2) is 27.4. The van der Waals surface area contributed by atoms with Gasteiger partial charge in [-0.15, -0.1) is 0 Å². The van der Waals surface area contributed by atoms with Crippen LogP contribution in [-0.4, -0.2) is 39.7 Å².